The first-order valence-corrected chi connectivity index (χ1v) is 10.4. The molecule has 0 aliphatic rings. The highest BCUT2D eigenvalue weighted by Gasteiger charge is 2.15. The third-order valence-corrected chi connectivity index (χ3v) is 4.21. The van der Waals surface area contributed by atoms with Crippen LogP contribution in [0.25, 0.3) is 0 Å². The number of benzene rings is 2. The summed E-state index contributed by atoms with van der Waals surface area (Å²) in [4.78, 5) is 24.5. The summed E-state index contributed by atoms with van der Waals surface area (Å²) in [5.41, 5.74) is 1.40. The van der Waals surface area contributed by atoms with E-state index in [4.69, 9.17) is 17.0 Å². The Morgan fingerprint density at radius 3 is 2.07 bits per heavy atom. The molecular formula is C23H29N3O3S. The quantitative estimate of drug-likeness (QED) is 0.447. The van der Waals surface area contributed by atoms with Gasteiger partial charge in [-0.3, -0.25) is 14.9 Å². The van der Waals surface area contributed by atoms with Crippen LogP contribution in [0.1, 0.15) is 61.3 Å². The second-order valence-electron chi connectivity index (χ2n) is 7.92. The van der Waals surface area contributed by atoms with E-state index in [-0.39, 0.29) is 22.5 Å². The lowest BCUT2D eigenvalue weighted by molar-refractivity contribution is 0.0918. The molecule has 0 spiro atoms. The Balaban J connectivity index is 1.87. The van der Waals surface area contributed by atoms with Gasteiger partial charge in [-0.1, -0.05) is 13.3 Å². The summed E-state index contributed by atoms with van der Waals surface area (Å²) in [6.45, 7) is 8.54. The van der Waals surface area contributed by atoms with Crippen molar-refractivity contribution < 1.29 is 14.3 Å². The number of anilines is 1. The third-order valence-electron chi connectivity index (χ3n) is 4.00. The molecule has 6 nitrogen and oxygen atoms in total. The Hall–Kier alpha value is -2.93. The van der Waals surface area contributed by atoms with Gasteiger partial charge in [-0.15, -0.1) is 0 Å². The summed E-state index contributed by atoms with van der Waals surface area (Å²) in [7, 11) is 0. The molecule has 160 valence electrons. The van der Waals surface area contributed by atoms with Gasteiger partial charge in [0.2, 0.25) is 0 Å². The molecule has 0 saturated carbocycles. The van der Waals surface area contributed by atoms with Gasteiger partial charge >= 0.3 is 0 Å². The van der Waals surface area contributed by atoms with Crippen LogP contribution in [0.3, 0.4) is 0 Å². The summed E-state index contributed by atoms with van der Waals surface area (Å²) < 4.78 is 5.60. The van der Waals surface area contributed by atoms with E-state index in [0.29, 0.717) is 23.4 Å². The monoisotopic (exact) mass is 427 g/mol. The van der Waals surface area contributed by atoms with Crippen molar-refractivity contribution in [3.63, 3.8) is 0 Å². The molecule has 0 aliphatic heterocycles. The lowest BCUT2D eigenvalue weighted by Gasteiger charge is -2.20. The van der Waals surface area contributed by atoms with E-state index in [2.05, 4.69) is 22.9 Å². The van der Waals surface area contributed by atoms with Crippen LogP contribution in [0.5, 0.6) is 5.75 Å². The first kappa shape index (κ1) is 23.3. The van der Waals surface area contributed by atoms with Crippen LogP contribution in [0.4, 0.5) is 5.69 Å². The first-order valence-electron chi connectivity index (χ1n) is 9.96. The van der Waals surface area contributed by atoms with E-state index in [1.54, 1.807) is 48.5 Å². The zero-order valence-electron chi connectivity index (χ0n) is 17.9. The zero-order valence-corrected chi connectivity index (χ0v) is 18.7. The average molecular weight is 428 g/mol. The molecule has 2 aromatic carbocycles. The number of ether oxygens (including phenoxy) is 1. The molecule has 0 fully saturated rings. The molecule has 0 aliphatic carbocycles. The molecule has 0 saturated heterocycles. The molecule has 0 bridgehead atoms. The second-order valence-corrected chi connectivity index (χ2v) is 8.32. The predicted octanol–water partition coefficient (Wildman–Crippen LogP) is 4.52. The Bertz CT molecular complexity index is 872. The van der Waals surface area contributed by atoms with Gasteiger partial charge in [0.1, 0.15) is 5.75 Å². The SMILES string of the molecule is CCCCOc1ccc(C(=O)NC(=S)Nc2ccc(C(=O)NC(C)(C)C)cc2)cc1. The van der Waals surface area contributed by atoms with Crippen LogP contribution in [-0.2, 0) is 0 Å². The molecular weight excluding hydrogens is 398 g/mol. The van der Waals surface area contributed by atoms with Gasteiger partial charge in [0.25, 0.3) is 11.8 Å². The van der Waals surface area contributed by atoms with Crippen LogP contribution in [0.15, 0.2) is 48.5 Å². The highest BCUT2D eigenvalue weighted by molar-refractivity contribution is 7.80. The summed E-state index contributed by atoms with van der Waals surface area (Å²) in [6, 6.07) is 13.8. The molecule has 2 amide bonds. The summed E-state index contributed by atoms with van der Waals surface area (Å²) in [6.07, 6.45) is 2.06. The number of nitrogens with one attached hydrogen (secondary N) is 3. The lowest BCUT2D eigenvalue weighted by atomic mass is 10.1. The zero-order chi connectivity index (χ0) is 22.1. The number of unbranched alkanes of at least 4 members (excludes halogenated alkanes) is 1. The maximum atomic E-state index is 12.4. The van der Waals surface area contributed by atoms with Gasteiger partial charge in [0, 0.05) is 22.4 Å². The minimum atomic E-state index is -0.311. The molecule has 0 radical (unpaired) electrons. The van der Waals surface area contributed by atoms with E-state index < -0.39 is 0 Å². The van der Waals surface area contributed by atoms with Crippen molar-refractivity contribution in [3.8, 4) is 5.75 Å². The van der Waals surface area contributed by atoms with Crippen molar-refractivity contribution in [2.24, 2.45) is 0 Å². The van der Waals surface area contributed by atoms with Crippen LogP contribution < -0.4 is 20.7 Å². The Kier molecular flexibility index (Phi) is 8.35. The van der Waals surface area contributed by atoms with E-state index in [0.717, 1.165) is 18.6 Å². The fourth-order valence-corrected chi connectivity index (χ4v) is 2.70. The highest BCUT2D eigenvalue weighted by atomic mass is 32.1. The fourth-order valence-electron chi connectivity index (χ4n) is 2.49. The Morgan fingerprint density at radius 1 is 0.933 bits per heavy atom. The Morgan fingerprint density at radius 2 is 1.50 bits per heavy atom. The molecule has 0 aromatic heterocycles. The molecule has 0 unspecified atom stereocenters. The van der Waals surface area contributed by atoms with Gasteiger partial charge < -0.3 is 15.4 Å². The summed E-state index contributed by atoms with van der Waals surface area (Å²) >= 11 is 5.22. The van der Waals surface area contributed by atoms with Crippen LogP contribution >= 0.6 is 12.2 Å². The van der Waals surface area contributed by atoms with E-state index in [9.17, 15) is 9.59 Å². The van der Waals surface area contributed by atoms with Gasteiger partial charge in [0.15, 0.2) is 5.11 Å². The first-order chi connectivity index (χ1) is 14.2. The fraction of sp³-hybridized carbons (Fsp3) is 0.348. The smallest absolute Gasteiger partial charge is 0.257 e. The van der Waals surface area contributed by atoms with E-state index >= 15 is 0 Å². The molecule has 0 heterocycles. The van der Waals surface area contributed by atoms with Gasteiger partial charge in [-0.05, 0) is 87.9 Å². The highest BCUT2D eigenvalue weighted by Crippen LogP contribution is 2.14. The lowest BCUT2D eigenvalue weighted by Crippen LogP contribution is -2.40. The topological polar surface area (TPSA) is 79.5 Å². The maximum Gasteiger partial charge on any atom is 0.257 e. The van der Waals surface area contributed by atoms with Gasteiger partial charge in [0.05, 0.1) is 6.61 Å². The normalized spacial score (nSPS) is 10.8. The second kappa shape index (κ2) is 10.7. The number of carbonyl (C=O) groups excluding carboxylic acids is 2. The maximum absolute atomic E-state index is 12.4. The molecule has 2 aromatic rings. The van der Waals surface area contributed by atoms with Crippen LogP contribution in [-0.4, -0.2) is 29.1 Å². The van der Waals surface area contributed by atoms with Crippen molar-refractivity contribution in [2.45, 2.75) is 46.1 Å². The number of hydrogen-bond donors (Lipinski definition) is 3. The minimum absolute atomic E-state index is 0.146. The standard InChI is InChI=1S/C23H29N3O3S/c1-5-6-15-29-19-13-9-16(10-14-19)20(27)25-22(30)24-18-11-7-17(8-12-18)21(28)26-23(2,3)4/h7-14H,5-6,15H2,1-4H3,(H,26,28)(H2,24,25,27,30). The summed E-state index contributed by atoms with van der Waals surface area (Å²) in [5.74, 6) is 0.275. The molecule has 7 heteroatoms. The van der Waals surface area contributed by atoms with E-state index in [1.807, 2.05) is 20.8 Å². The number of amides is 2. The summed E-state index contributed by atoms with van der Waals surface area (Å²) in [5, 5.41) is 8.67. The minimum Gasteiger partial charge on any atom is -0.494 e. The predicted molar refractivity (Wildman–Crippen MR) is 124 cm³/mol. The largest absolute Gasteiger partial charge is 0.494 e. The molecule has 30 heavy (non-hydrogen) atoms. The van der Waals surface area contributed by atoms with Crippen molar-refractivity contribution in [1.82, 2.24) is 10.6 Å². The molecule has 2 rings (SSSR count). The van der Waals surface area contributed by atoms with Crippen LogP contribution in [0, 0.1) is 0 Å². The number of carbonyl (C=O) groups is 2. The van der Waals surface area contributed by atoms with E-state index in [1.165, 1.54) is 0 Å². The molecule has 0 atom stereocenters. The van der Waals surface area contributed by atoms with Crippen molar-refractivity contribution in [2.75, 3.05) is 11.9 Å². The number of thiocarbonyl (C=S) groups is 1. The van der Waals surface area contributed by atoms with Crippen molar-refractivity contribution >= 4 is 34.8 Å². The van der Waals surface area contributed by atoms with Crippen molar-refractivity contribution in [1.29, 1.82) is 0 Å². The van der Waals surface area contributed by atoms with Crippen molar-refractivity contribution in [3.05, 3.63) is 59.7 Å². The molecule has 3 N–H and O–H groups in total. The number of rotatable bonds is 7. The number of hydrogen-bond acceptors (Lipinski definition) is 4. The average Bonchev–Trinajstić information content (AvgIpc) is 2.68. The third kappa shape index (κ3) is 7.83. The van der Waals surface area contributed by atoms with Gasteiger partial charge in [-0.2, -0.15) is 0 Å². The van der Waals surface area contributed by atoms with Gasteiger partial charge in [-0.25, -0.2) is 0 Å². The Labute approximate surface area is 183 Å². The van der Waals surface area contributed by atoms with Crippen LogP contribution in [0.2, 0.25) is 0 Å².